The van der Waals surface area contributed by atoms with Gasteiger partial charge in [0.05, 0.1) is 16.4 Å². The number of piperazine rings is 1. The molecule has 184 valence electrons. The molecule has 1 aliphatic carbocycles. The van der Waals surface area contributed by atoms with Gasteiger partial charge in [0.25, 0.3) is 5.91 Å². The van der Waals surface area contributed by atoms with Gasteiger partial charge in [-0.1, -0.05) is 30.7 Å². The predicted octanol–water partition coefficient (Wildman–Crippen LogP) is 5.58. The molecule has 0 aromatic carbocycles. The molecule has 0 radical (unpaired) electrons. The first-order valence-electron chi connectivity index (χ1n) is 12.8. The Morgan fingerprint density at radius 2 is 1.89 bits per heavy atom. The van der Waals surface area contributed by atoms with Crippen molar-refractivity contribution >= 4 is 23.2 Å². The molecule has 2 bridgehead atoms. The highest BCUT2D eigenvalue weighted by atomic mass is 35.5. The smallest absolute Gasteiger partial charge is 0.255 e. The van der Waals surface area contributed by atoms with Crippen molar-refractivity contribution in [2.75, 3.05) is 19.6 Å². The number of carbonyl (C=O) groups excluding carboxylic acids is 1. The number of nitrogens with zero attached hydrogens (tertiary/aromatic N) is 3. The van der Waals surface area contributed by atoms with Crippen LogP contribution in [0.5, 0.6) is 0 Å². The van der Waals surface area contributed by atoms with E-state index in [2.05, 4.69) is 62.2 Å². The van der Waals surface area contributed by atoms with Gasteiger partial charge >= 0.3 is 0 Å². The summed E-state index contributed by atoms with van der Waals surface area (Å²) in [4.78, 5) is 22.5. The molecule has 1 N–H and O–H groups in total. The predicted molar refractivity (Wildman–Crippen MR) is 144 cm³/mol. The minimum Gasteiger partial charge on any atom is -0.368 e. The summed E-state index contributed by atoms with van der Waals surface area (Å²) in [5.41, 5.74) is 7.42. The van der Waals surface area contributed by atoms with Gasteiger partial charge in [-0.2, -0.15) is 0 Å². The molecule has 0 aromatic rings. The van der Waals surface area contributed by atoms with Crippen LogP contribution < -0.4 is 5.32 Å². The van der Waals surface area contributed by atoms with Gasteiger partial charge in [-0.15, -0.1) is 0 Å². The average molecular weight is 491 g/mol. The third-order valence-corrected chi connectivity index (χ3v) is 8.01. The molecule has 1 fully saturated rings. The molecular formula is C29H35ClN4O. The van der Waals surface area contributed by atoms with Crippen molar-refractivity contribution < 1.29 is 4.79 Å². The SMILES string of the molecule is CC1=NC2=C(C)C(CC=C(/C3=C/C(=O)N4C=C(N5CCNC(C)C5)C=CC4=CCC3C)C=C2Cl)C1. The number of nitrogens with one attached hydrogen (secondary N) is 1. The highest BCUT2D eigenvalue weighted by Gasteiger charge is 2.28. The number of fused-ring (bicyclic) bond motifs is 2. The van der Waals surface area contributed by atoms with Crippen LogP contribution in [0.1, 0.15) is 47.0 Å². The number of hydrogen-bond donors (Lipinski definition) is 1. The Balaban J connectivity index is 1.47. The van der Waals surface area contributed by atoms with E-state index < -0.39 is 0 Å². The maximum Gasteiger partial charge on any atom is 0.255 e. The minimum absolute atomic E-state index is 0.0141. The molecule has 1 saturated heterocycles. The van der Waals surface area contributed by atoms with E-state index in [1.807, 2.05) is 18.4 Å². The number of amides is 1. The van der Waals surface area contributed by atoms with Gasteiger partial charge in [0, 0.05) is 49.4 Å². The summed E-state index contributed by atoms with van der Waals surface area (Å²) in [6.45, 7) is 11.4. The van der Waals surface area contributed by atoms with E-state index in [1.165, 1.54) is 5.57 Å². The largest absolute Gasteiger partial charge is 0.368 e. The number of aliphatic imine (C=N–C) groups is 1. The van der Waals surface area contributed by atoms with Crippen LogP contribution in [0.2, 0.25) is 0 Å². The van der Waals surface area contributed by atoms with Crippen molar-refractivity contribution in [1.29, 1.82) is 0 Å². The third kappa shape index (κ3) is 4.89. The van der Waals surface area contributed by atoms with Crippen LogP contribution in [0.15, 0.2) is 86.5 Å². The second-order valence-electron chi connectivity index (χ2n) is 10.4. The zero-order valence-electron chi connectivity index (χ0n) is 21.1. The molecule has 5 aliphatic rings. The fourth-order valence-electron chi connectivity index (χ4n) is 5.61. The van der Waals surface area contributed by atoms with Gasteiger partial charge in [0.1, 0.15) is 0 Å². The van der Waals surface area contributed by atoms with Crippen molar-refractivity contribution in [3.05, 3.63) is 81.5 Å². The summed E-state index contributed by atoms with van der Waals surface area (Å²) < 4.78 is 0. The van der Waals surface area contributed by atoms with E-state index in [9.17, 15) is 4.79 Å². The quantitative estimate of drug-likeness (QED) is 0.549. The number of carbonyl (C=O) groups is 1. The molecule has 0 saturated carbocycles. The van der Waals surface area contributed by atoms with Crippen LogP contribution in [0.3, 0.4) is 0 Å². The zero-order chi connectivity index (χ0) is 24.7. The van der Waals surface area contributed by atoms with Crippen molar-refractivity contribution in [1.82, 2.24) is 15.1 Å². The Hall–Kier alpha value is -2.63. The monoisotopic (exact) mass is 490 g/mol. The van der Waals surface area contributed by atoms with Crippen LogP contribution in [-0.2, 0) is 4.79 Å². The summed E-state index contributed by atoms with van der Waals surface area (Å²) in [7, 11) is 0. The lowest BCUT2D eigenvalue weighted by atomic mass is 9.82. The molecule has 5 nitrogen and oxygen atoms in total. The van der Waals surface area contributed by atoms with Crippen molar-refractivity contribution in [2.45, 2.75) is 53.0 Å². The Morgan fingerprint density at radius 1 is 1.09 bits per heavy atom. The molecular weight excluding hydrogens is 456 g/mol. The van der Waals surface area contributed by atoms with Gasteiger partial charge in [-0.3, -0.25) is 14.7 Å². The van der Waals surface area contributed by atoms with Crippen LogP contribution in [0.25, 0.3) is 0 Å². The van der Waals surface area contributed by atoms with Crippen molar-refractivity contribution in [3.63, 3.8) is 0 Å². The molecule has 1 amide bonds. The highest BCUT2D eigenvalue weighted by molar-refractivity contribution is 6.32. The zero-order valence-corrected chi connectivity index (χ0v) is 21.9. The van der Waals surface area contributed by atoms with Crippen LogP contribution in [-0.4, -0.2) is 47.1 Å². The molecule has 0 aromatic heterocycles. The lowest BCUT2D eigenvalue weighted by molar-refractivity contribution is -0.122. The van der Waals surface area contributed by atoms with Crippen LogP contribution in [0.4, 0.5) is 0 Å². The van der Waals surface area contributed by atoms with Gasteiger partial charge in [-0.25, -0.2) is 0 Å². The van der Waals surface area contributed by atoms with Crippen molar-refractivity contribution in [3.8, 4) is 0 Å². The lowest BCUT2D eigenvalue weighted by Crippen LogP contribution is -2.49. The topological polar surface area (TPSA) is 47.9 Å². The van der Waals surface area contributed by atoms with E-state index in [-0.39, 0.29) is 11.8 Å². The summed E-state index contributed by atoms with van der Waals surface area (Å²) >= 11 is 6.81. The van der Waals surface area contributed by atoms with E-state index in [1.54, 1.807) is 4.90 Å². The van der Waals surface area contributed by atoms with Gasteiger partial charge in [0.2, 0.25) is 0 Å². The molecule has 5 rings (SSSR count). The summed E-state index contributed by atoms with van der Waals surface area (Å²) in [6.07, 6.45) is 17.3. The van der Waals surface area contributed by atoms with E-state index in [0.29, 0.717) is 17.0 Å². The van der Waals surface area contributed by atoms with Gasteiger partial charge < -0.3 is 10.2 Å². The first kappa shape index (κ1) is 24.1. The summed E-state index contributed by atoms with van der Waals surface area (Å²) in [5.74, 6) is 0.596. The second-order valence-corrected chi connectivity index (χ2v) is 10.8. The Morgan fingerprint density at radius 3 is 2.69 bits per heavy atom. The van der Waals surface area contributed by atoms with Crippen LogP contribution in [0, 0.1) is 11.8 Å². The second kappa shape index (κ2) is 9.79. The molecule has 3 atom stereocenters. The Bertz CT molecular complexity index is 1180. The molecule has 4 aliphatic heterocycles. The summed E-state index contributed by atoms with van der Waals surface area (Å²) in [5, 5.41) is 4.15. The Kier molecular flexibility index (Phi) is 6.73. The van der Waals surface area contributed by atoms with E-state index in [4.69, 9.17) is 16.6 Å². The van der Waals surface area contributed by atoms with Gasteiger partial charge in [-0.05, 0) is 86.8 Å². The maximum atomic E-state index is 13.6. The maximum absolute atomic E-state index is 13.6. The van der Waals surface area contributed by atoms with Gasteiger partial charge in [0.15, 0.2) is 0 Å². The number of halogens is 1. The number of allylic oxidation sites excluding steroid dienone is 9. The van der Waals surface area contributed by atoms with E-state index >= 15 is 0 Å². The van der Waals surface area contributed by atoms with Crippen LogP contribution >= 0.6 is 11.6 Å². The van der Waals surface area contributed by atoms with Crippen molar-refractivity contribution in [2.24, 2.45) is 16.8 Å². The minimum atomic E-state index is -0.0141. The fourth-order valence-corrected chi connectivity index (χ4v) is 5.92. The number of hydrogen-bond acceptors (Lipinski definition) is 4. The molecule has 6 heteroatoms. The fraction of sp³-hybridized carbons (Fsp3) is 0.448. The molecule has 35 heavy (non-hydrogen) atoms. The molecule has 0 spiro atoms. The third-order valence-electron chi connectivity index (χ3n) is 7.72. The summed E-state index contributed by atoms with van der Waals surface area (Å²) in [6, 6.07) is 0.430. The lowest BCUT2D eigenvalue weighted by Gasteiger charge is -2.37. The Labute approximate surface area is 214 Å². The molecule has 4 heterocycles. The molecule has 3 unspecified atom stereocenters. The van der Waals surface area contributed by atoms with E-state index in [0.717, 1.165) is 72.8 Å². The standard InChI is InChI=1S/C29H35ClN4O/c1-18-5-8-24-9-10-25(33-12-11-31-20(3)16-33)17-34(24)28(35)15-26(18)23-7-6-22-13-19(2)32-29(21(22)4)27(30)14-23/h7-10,14-15,17-18,20,22,31H,5-6,11-13,16H2,1-4H3/b23-7?,24-8?,26-15+,27-14?. The normalized spacial score (nSPS) is 31.0. The highest BCUT2D eigenvalue weighted by Crippen LogP contribution is 2.39. The first-order chi connectivity index (χ1) is 16.8. The number of rotatable bonds is 2. The average Bonchev–Trinajstić information content (AvgIpc) is 2.84. The first-order valence-corrected chi connectivity index (χ1v) is 13.1.